The molecule has 0 aliphatic rings. The van der Waals surface area contributed by atoms with Gasteiger partial charge in [0.05, 0.1) is 0 Å². The van der Waals surface area contributed by atoms with Crippen LogP contribution < -0.4 is 9.64 Å². The number of hydrogen-bond acceptors (Lipinski definition) is 3. The van der Waals surface area contributed by atoms with Crippen molar-refractivity contribution >= 4 is 60.3 Å². The van der Waals surface area contributed by atoms with Crippen LogP contribution in [0.25, 0.3) is 99.8 Å². The van der Waals surface area contributed by atoms with Crippen LogP contribution >= 0.6 is 0 Å². The summed E-state index contributed by atoms with van der Waals surface area (Å²) in [6, 6.07) is 47.3. The van der Waals surface area contributed by atoms with Gasteiger partial charge in [-0.15, -0.1) is 0 Å². The van der Waals surface area contributed by atoms with E-state index in [4.69, 9.17) is 17.9 Å². The van der Waals surface area contributed by atoms with Gasteiger partial charge in [-0.2, -0.15) is 0 Å². The van der Waals surface area contributed by atoms with Crippen molar-refractivity contribution in [1.29, 1.82) is 0 Å². The van der Waals surface area contributed by atoms with Crippen molar-refractivity contribution in [3.8, 4) is 56.6 Å². The molecule has 8 heteroatoms. The summed E-state index contributed by atoms with van der Waals surface area (Å²) in [5, 5.41) is 3.95. The number of pyridine rings is 1. The van der Waals surface area contributed by atoms with Gasteiger partial charge in [-0.3, -0.25) is 0 Å². The fourth-order valence-corrected chi connectivity index (χ4v) is 10.9. The van der Waals surface area contributed by atoms with E-state index < -0.39 is 60.4 Å². The van der Waals surface area contributed by atoms with Crippen LogP contribution in [0.5, 0.6) is 11.5 Å². The van der Waals surface area contributed by atoms with E-state index in [0.29, 0.717) is 37.7 Å². The Morgan fingerprint density at radius 2 is 0.986 bits per heavy atom. The summed E-state index contributed by atoms with van der Waals surface area (Å²) >= 11 is 2.20. The van der Waals surface area contributed by atoms with Crippen LogP contribution in [0.1, 0.15) is 13.7 Å². The summed E-state index contributed by atoms with van der Waals surface area (Å²) in [4.78, 5) is 6.85. The molecule has 0 bridgehead atoms. The topological polar surface area (TPSA) is 45.1 Å². The van der Waals surface area contributed by atoms with Crippen LogP contribution in [-0.2, 0) is 19.4 Å². The van der Waals surface area contributed by atoms with Crippen LogP contribution in [0.3, 0.4) is 0 Å². The summed E-state index contributed by atoms with van der Waals surface area (Å²) in [6.07, 6.45) is 1.81. The van der Waals surface area contributed by atoms with Crippen LogP contribution in [0.15, 0.2) is 230 Å². The average Bonchev–Trinajstić information content (AvgIpc) is 4.15. The van der Waals surface area contributed by atoms with E-state index in [0.717, 1.165) is 55.1 Å². The van der Waals surface area contributed by atoms with E-state index in [1.54, 1.807) is 12.1 Å². The molecule has 0 amide bonds. The molecule has 0 radical (unpaired) electrons. The van der Waals surface area contributed by atoms with Gasteiger partial charge < -0.3 is 4.90 Å². The predicted molar refractivity (Wildman–Crippen MR) is 284 cm³/mol. The normalized spacial score (nSPS) is 13.7. The summed E-state index contributed by atoms with van der Waals surface area (Å²) in [6.45, 7) is 0. The molecule has 0 spiro atoms. The van der Waals surface area contributed by atoms with E-state index in [-0.39, 0.29) is 27.9 Å². The average molecular weight is 1090 g/mol. The van der Waals surface area contributed by atoms with E-state index in [2.05, 4.69) is 48.2 Å². The zero-order valence-electron chi connectivity index (χ0n) is 47.6. The second kappa shape index (κ2) is 16.9. The molecule has 338 valence electrons. The monoisotopic (exact) mass is 1090 g/mol. The van der Waals surface area contributed by atoms with Crippen LogP contribution in [-0.4, -0.2) is 37.3 Å². The van der Waals surface area contributed by atoms with Crippen LogP contribution in [0.2, 0.25) is 0 Å². The van der Waals surface area contributed by atoms with Gasteiger partial charge >= 0.3 is 382 Å². The van der Waals surface area contributed by atoms with Crippen molar-refractivity contribution in [2.75, 3.05) is 19.0 Å². The molecule has 0 atom stereocenters. The van der Waals surface area contributed by atoms with E-state index >= 15 is 0 Å². The first-order valence-electron chi connectivity index (χ1n) is 27.6. The quantitative estimate of drug-likeness (QED) is 0.145. The van der Waals surface area contributed by atoms with Gasteiger partial charge in [0.25, 0.3) is 0 Å². The van der Waals surface area contributed by atoms with Gasteiger partial charge in [0.1, 0.15) is 0 Å². The third-order valence-electron chi connectivity index (χ3n) is 12.8. The number of para-hydroxylation sites is 5. The molecule has 0 aliphatic heterocycles. The molecule has 0 fully saturated rings. The number of anilines is 1. The summed E-state index contributed by atoms with van der Waals surface area (Å²) in [5.74, 6) is 1.86. The zero-order valence-corrected chi connectivity index (χ0v) is 39.8. The number of fused-ring (bicyclic) bond motifs is 7. The number of hydrogen-bond donors (Lipinski definition) is 0. The predicted octanol–water partition coefficient (Wildman–Crippen LogP) is 15.3. The third kappa shape index (κ3) is 6.84. The molecule has 9 aromatic carbocycles. The van der Waals surface area contributed by atoms with Crippen molar-refractivity contribution in [1.82, 2.24) is 23.3 Å². The Hall–Kier alpha value is -8.51. The van der Waals surface area contributed by atoms with Crippen molar-refractivity contribution in [2.45, 2.75) is 0 Å². The minimum absolute atomic E-state index is 0.143. The molecule has 0 saturated carbocycles. The Balaban J connectivity index is 1.07. The molecule has 0 unspecified atom stereocenters. The molecular formula is C62H44N6OPt. The number of benzene rings is 9. The number of aromatic nitrogens is 5. The Morgan fingerprint density at radius 1 is 0.457 bits per heavy atom. The first kappa shape index (κ1) is 32.3. The van der Waals surface area contributed by atoms with E-state index in [1.165, 1.54) is 0 Å². The summed E-state index contributed by atoms with van der Waals surface area (Å²) in [7, 11) is 3.99. The molecule has 13 rings (SSSR count). The molecule has 4 aromatic heterocycles. The van der Waals surface area contributed by atoms with Gasteiger partial charge in [0.15, 0.2) is 0 Å². The second-order valence-electron chi connectivity index (χ2n) is 17.1. The van der Waals surface area contributed by atoms with Crippen LogP contribution in [0.4, 0.5) is 5.69 Å². The Labute approximate surface area is 429 Å². The first-order valence-corrected chi connectivity index (χ1v) is 23.7. The molecule has 0 saturated heterocycles. The van der Waals surface area contributed by atoms with Gasteiger partial charge in [-0.1, -0.05) is 12.1 Å². The maximum absolute atomic E-state index is 9.55. The van der Waals surface area contributed by atoms with Crippen LogP contribution in [0, 0.1) is 3.80 Å². The van der Waals surface area contributed by atoms with Crippen molar-refractivity contribution < 1.29 is 37.8 Å². The van der Waals surface area contributed by atoms with Gasteiger partial charge in [0, 0.05) is 26.0 Å². The Kier molecular flexibility index (Phi) is 7.80. The Bertz CT molecular complexity index is 4650. The second-order valence-corrected chi connectivity index (χ2v) is 18.1. The number of rotatable bonds is 9. The van der Waals surface area contributed by atoms with Gasteiger partial charge in [-0.25, -0.2) is 0 Å². The summed E-state index contributed by atoms with van der Waals surface area (Å²) < 4.78 is 107. The molecule has 0 N–H and O–H groups in total. The number of imidazole rings is 1. The molecular weight excluding hydrogens is 1040 g/mol. The fourth-order valence-electron chi connectivity index (χ4n) is 9.80. The minimum atomic E-state index is -0.579. The zero-order chi connectivity index (χ0) is 55.6. The third-order valence-corrected chi connectivity index (χ3v) is 13.8. The van der Waals surface area contributed by atoms with Crippen molar-refractivity contribution in [2.24, 2.45) is 0 Å². The number of nitrogens with zero attached hydrogens (tertiary/aromatic N) is 6. The molecule has 70 heavy (non-hydrogen) atoms. The number of ether oxygens (including phenoxy) is 1. The maximum atomic E-state index is 9.55. The SMILES string of the molecule is [2H]c1c([2H])c([2H])c(-c2cc(-n3c4ccccc4c4ccccc43)cc(-c3c([2H])c([2H])c([2H])c([2H])c3[2H])c2-n2[c](=[Pt])n(-c3cccc(Oc4ccc5c6ccccc6n(-c6cc(N(C)C)ccn6)c5c4)c3)c3ccccc32)c([2H])c1[2H]. The van der Waals surface area contributed by atoms with Gasteiger partial charge in [0.2, 0.25) is 0 Å². The van der Waals surface area contributed by atoms with E-state index in [1.807, 2.05) is 166 Å². The molecule has 13 aromatic rings. The standard InChI is InChI=1S/C62H44N6O.Pt/c1-64(2)44-34-35-63-61(39-44)68-57-29-14-11-26-51(57)52-33-32-48(40-60(52)68)69-47-23-17-22-45(36-47)65-41-66(59-31-16-15-30-58(59)65)62-53(42-18-5-3-6-19-42)37-46(38-54(62)43-20-7-4-8-21-43)67-55-27-12-9-24-49(55)50-25-10-13-28-56(50)67;/h3-40H,1-2H3;/i3D,4D,5D,6D,7D,8D,18D,19D,20D,21D;. The molecule has 0 aliphatic carbocycles. The molecule has 7 nitrogen and oxygen atoms in total. The Morgan fingerprint density at radius 3 is 1.59 bits per heavy atom. The van der Waals surface area contributed by atoms with Crippen molar-refractivity contribution in [3.63, 3.8) is 0 Å². The van der Waals surface area contributed by atoms with Gasteiger partial charge in [-0.05, 0) is 6.07 Å². The fraction of sp³-hybridized carbons (Fsp3) is 0.0323. The molecule has 4 heterocycles. The summed E-state index contributed by atoms with van der Waals surface area (Å²) in [5.41, 5.74) is 7.15. The van der Waals surface area contributed by atoms with Crippen molar-refractivity contribution in [3.05, 3.63) is 234 Å². The first-order chi connectivity index (χ1) is 38.6. The van der Waals surface area contributed by atoms with E-state index in [9.17, 15) is 5.48 Å².